The fraction of sp³-hybridized carbons (Fsp3) is 0. The van der Waals surface area contributed by atoms with Gasteiger partial charge in [-0.05, 0) is 24.3 Å². The van der Waals surface area contributed by atoms with Crippen LogP contribution in [0.3, 0.4) is 0 Å². The molecule has 17 heavy (non-hydrogen) atoms. The molecule has 2 aromatic rings. The van der Waals surface area contributed by atoms with Crippen molar-refractivity contribution in [2.45, 2.75) is 9.79 Å². The second-order valence-corrected chi connectivity index (χ2v) is 5.08. The van der Waals surface area contributed by atoms with Gasteiger partial charge in [0.2, 0.25) is 9.84 Å². The molecular formula is C13H12O3S. The normalized spacial score (nSPS) is 10.1. The van der Waals surface area contributed by atoms with E-state index in [1.165, 1.54) is 0 Å². The molecule has 0 aliphatic carbocycles. The largest absolute Gasteiger partial charge is 0.307 e. The monoisotopic (exact) mass is 248 g/mol. The number of carbonyl (C=O) groups is 1. The molecule has 4 heteroatoms. The molecule has 0 N–H and O–H groups in total. The number of carbonyl (C=O) groups excluding carboxylic acids is 1. The maximum Gasteiger partial charge on any atom is 0.206 e. The lowest BCUT2D eigenvalue weighted by atomic mass is 10.4. The number of hydrogen-bond acceptors (Lipinski definition) is 3. The molecule has 0 aromatic heterocycles. The van der Waals surface area contributed by atoms with Crippen LogP contribution in [0.15, 0.2) is 70.5 Å². The number of benzene rings is 2. The van der Waals surface area contributed by atoms with Crippen molar-refractivity contribution in [3.63, 3.8) is 0 Å². The standard InChI is InChI=1S/C12H10O2S.CH2O/c13-15(14,11-7-3-1-4-8-11)12-9-5-2-6-10-12;1-2/h1-10H;1H2. The fourth-order valence-corrected chi connectivity index (χ4v) is 2.64. The van der Waals surface area contributed by atoms with E-state index in [4.69, 9.17) is 4.79 Å². The van der Waals surface area contributed by atoms with Gasteiger partial charge in [-0.25, -0.2) is 8.42 Å². The van der Waals surface area contributed by atoms with E-state index in [2.05, 4.69) is 0 Å². The van der Waals surface area contributed by atoms with Crippen LogP contribution in [0.5, 0.6) is 0 Å². The van der Waals surface area contributed by atoms with E-state index in [1.807, 2.05) is 6.79 Å². The maximum atomic E-state index is 12.0. The second-order valence-electron chi connectivity index (χ2n) is 3.13. The molecule has 88 valence electrons. The summed E-state index contributed by atoms with van der Waals surface area (Å²) >= 11 is 0. The molecule has 0 heterocycles. The Bertz CT molecular complexity index is 502. The zero-order chi connectivity index (χ0) is 12.7. The minimum Gasteiger partial charge on any atom is -0.307 e. The Balaban J connectivity index is 0.000000686. The van der Waals surface area contributed by atoms with Crippen LogP contribution in [0.25, 0.3) is 0 Å². The van der Waals surface area contributed by atoms with Crippen LogP contribution in [0.2, 0.25) is 0 Å². The van der Waals surface area contributed by atoms with Gasteiger partial charge in [-0.3, -0.25) is 0 Å². The molecule has 0 aliphatic rings. The summed E-state index contributed by atoms with van der Waals surface area (Å²) in [5, 5.41) is 0. The van der Waals surface area contributed by atoms with Gasteiger partial charge in [0.15, 0.2) is 0 Å². The van der Waals surface area contributed by atoms with Gasteiger partial charge < -0.3 is 4.79 Å². The third kappa shape index (κ3) is 3.01. The highest BCUT2D eigenvalue weighted by molar-refractivity contribution is 7.91. The third-order valence-corrected chi connectivity index (χ3v) is 3.89. The van der Waals surface area contributed by atoms with Gasteiger partial charge in [0.05, 0.1) is 9.79 Å². The molecule has 2 aromatic carbocycles. The van der Waals surface area contributed by atoms with Gasteiger partial charge in [0.1, 0.15) is 6.79 Å². The average molecular weight is 248 g/mol. The van der Waals surface area contributed by atoms with Crippen LogP contribution in [-0.2, 0) is 14.6 Å². The smallest absolute Gasteiger partial charge is 0.206 e. The fourth-order valence-electron chi connectivity index (χ4n) is 1.34. The first-order valence-corrected chi connectivity index (χ1v) is 6.33. The van der Waals surface area contributed by atoms with E-state index in [0.717, 1.165) is 0 Å². The van der Waals surface area contributed by atoms with E-state index in [0.29, 0.717) is 9.79 Å². The Labute approximate surface area is 101 Å². The van der Waals surface area contributed by atoms with E-state index in [9.17, 15) is 8.42 Å². The van der Waals surface area contributed by atoms with E-state index in [1.54, 1.807) is 60.7 Å². The summed E-state index contributed by atoms with van der Waals surface area (Å²) < 4.78 is 24.1. The summed E-state index contributed by atoms with van der Waals surface area (Å²) in [6.45, 7) is 2.00. The van der Waals surface area contributed by atoms with Crippen LogP contribution in [0.4, 0.5) is 0 Å². The van der Waals surface area contributed by atoms with Crippen LogP contribution in [0.1, 0.15) is 0 Å². The van der Waals surface area contributed by atoms with E-state index in [-0.39, 0.29) is 0 Å². The van der Waals surface area contributed by atoms with Crippen molar-refractivity contribution in [2.24, 2.45) is 0 Å². The Kier molecular flexibility index (Phi) is 4.60. The van der Waals surface area contributed by atoms with Gasteiger partial charge in [0.25, 0.3) is 0 Å². The van der Waals surface area contributed by atoms with Crippen molar-refractivity contribution in [1.29, 1.82) is 0 Å². The molecule has 2 rings (SSSR count). The van der Waals surface area contributed by atoms with Gasteiger partial charge in [-0.2, -0.15) is 0 Å². The van der Waals surface area contributed by atoms with Crippen molar-refractivity contribution < 1.29 is 13.2 Å². The lowest BCUT2D eigenvalue weighted by molar-refractivity contribution is -0.0979. The van der Waals surface area contributed by atoms with Crippen LogP contribution >= 0.6 is 0 Å². The van der Waals surface area contributed by atoms with Gasteiger partial charge in [0, 0.05) is 0 Å². The van der Waals surface area contributed by atoms with E-state index >= 15 is 0 Å². The zero-order valence-corrected chi connectivity index (χ0v) is 9.93. The number of rotatable bonds is 2. The molecule has 0 fully saturated rings. The van der Waals surface area contributed by atoms with Crippen molar-refractivity contribution in [3.05, 3.63) is 60.7 Å². The SMILES string of the molecule is C=O.O=S(=O)(c1ccccc1)c1ccccc1. The van der Waals surface area contributed by atoms with Gasteiger partial charge in [-0.1, -0.05) is 36.4 Å². The van der Waals surface area contributed by atoms with Crippen molar-refractivity contribution in [2.75, 3.05) is 0 Å². The highest BCUT2D eigenvalue weighted by atomic mass is 32.2. The number of hydrogen-bond donors (Lipinski definition) is 0. The molecule has 0 saturated heterocycles. The van der Waals surface area contributed by atoms with Crippen LogP contribution < -0.4 is 0 Å². The predicted molar refractivity (Wildman–Crippen MR) is 65.5 cm³/mol. The molecular weight excluding hydrogens is 236 g/mol. The Morgan fingerprint density at radius 1 is 0.647 bits per heavy atom. The van der Waals surface area contributed by atoms with Crippen molar-refractivity contribution in [1.82, 2.24) is 0 Å². The summed E-state index contributed by atoms with van der Waals surface area (Å²) in [4.78, 5) is 8.66. The third-order valence-electron chi connectivity index (χ3n) is 2.11. The van der Waals surface area contributed by atoms with Gasteiger partial charge >= 0.3 is 0 Å². The topological polar surface area (TPSA) is 51.2 Å². The lowest BCUT2D eigenvalue weighted by Crippen LogP contribution is -2.00. The first kappa shape index (κ1) is 13.1. The average Bonchev–Trinajstić information content (AvgIpc) is 2.43. The van der Waals surface area contributed by atoms with Crippen LogP contribution in [0, 0.1) is 0 Å². The number of sulfone groups is 1. The zero-order valence-electron chi connectivity index (χ0n) is 9.11. The molecule has 0 amide bonds. The Hall–Kier alpha value is -1.94. The minimum atomic E-state index is -3.34. The van der Waals surface area contributed by atoms with Crippen molar-refractivity contribution in [3.8, 4) is 0 Å². The van der Waals surface area contributed by atoms with E-state index < -0.39 is 9.84 Å². The minimum absolute atomic E-state index is 0.330. The molecule has 0 unspecified atom stereocenters. The second kappa shape index (κ2) is 5.96. The maximum absolute atomic E-state index is 12.0. The molecule has 0 atom stereocenters. The molecule has 0 bridgehead atoms. The molecule has 0 radical (unpaired) electrons. The van der Waals surface area contributed by atoms with Gasteiger partial charge in [-0.15, -0.1) is 0 Å². The molecule has 3 nitrogen and oxygen atoms in total. The van der Waals surface area contributed by atoms with Crippen LogP contribution in [-0.4, -0.2) is 15.2 Å². The summed E-state index contributed by atoms with van der Waals surface area (Å²) in [7, 11) is -3.34. The Morgan fingerprint density at radius 3 is 1.24 bits per heavy atom. The summed E-state index contributed by atoms with van der Waals surface area (Å²) in [6, 6.07) is 16.9. The quantitative estimate of drug-likeness (QED) is 0.819. The Morgan fingerprint density at radius 2 is 0.941 bits per heavy atom. The first-order chi connectivity index (χ1) is 8.21. The highest BCUT2D eigenvalue weighted by Crippen LogP contribution is 2.19. The first-order valence-electron chi connectivity index (χ1n) is 4.85. The lowest BCUT2D eigenvalue weighted by Gasteiger charge is -2.03. The molecule has 0 spiro atoms. The summed E-state index contributed by atoms with van der Waals surface area (Å²) in [5.74, 6) is 0. The van der Waals surface area contributed by atoms with Crippen molar-refractivity contribution >= 4 is 16.6 Å². The predicted octanol–water partition coefficient (Wildman–Crippen LogP) is 2.33. The summed E-state index contributed by atoms with van der Waals surface area (Å²) in [6.07, 6.45) is 0. The molecule has 0 aliphatic heterocycles. The highest BCUT2D eigenvalue weighted by Gasteiger charge is 2.15. The summed E-state index contributed by atoms with van der Waals surface area (Å²) in [5.41, 5.74) is 0. The molecule has 0 saturated carbocycles.